The van der Waals surface area contributed by atoms with Crippen molar-refractivity contribution in [3.05, 3.63) is 34.2 Å². The van der Waals surface area contributed by atoms with Gasteiger partial charge in [0.05, 0.1) is 42.9 Å². The summed E-state index contributed by atoms with van der Waals surface area (Å²) in [6, 6.07) is 5.24. The van der Waals surface area contributed by atoms with Gasteiger partial charge in [-0.2, -0.15) is 0 Å². The number of benzene rings is 1. The topological polar surface area (TPSA) is 103 Å². The Morgan fingerprint density at radius 1 is 1.09 bits per heavy atom. The molecule has 2 amide bonds. The van der Waals surface area contributed by atoms with Gasteiger partial charge in [0.1, 0.15) is 0 Å². The molecule has 0 radical (unpaired) electrons. The van der Waals surface area contributed by atoms with Crippen molar-refractivity contribution in [2.45, 2.75) is 23.4 Å². The van der Waals surface area contributed by atoms with Crippen molar-refractivity contribution in [2.75, 3.05) is 58.5 Å². The van der Waals surface area contributed by atoms with E-state index in [4.69, 9.17) is 19.2 Å². The first-order valence-corrected chi connectivity index (χ1v) is 13.3. The highest BCUT2D eigenvalue weighted by Crippen LogP contribution is 2.33. The van der Waals surface area contributed by atoms with Gasteiger partial charge in [0.2, 0.25) is 5.91 Å². The molecule has 0 spiro atoms. The minimum Gasteiger partial charge on any atom is -0.493 e. The van der Waals surface area contributed by atoms with Gasteiger partial charge >= 0.3 is 6.09 Å². The van der Waals surface area contributed by atoms with Crippen molar-refractivity contribution in [3.63, 3.8) is 0 Å². The molecule has 10 nitrogen and oxygen atoms in total. The number of aryl methyl sites for hydroxylation is 1. The third kappa shape index (κ3) is 5.37. The zero-order valence-corrected chi connectivity index (χ0v) is 21.6. The van der Waals surface area contributed by atoms with Crippen LogP contribution >= 0.6 is 23.5 Å². The zero-order chi connectivity index (χ0) is 24.9. The van der Waals surface area contributed by atoms with Crippen LogP contribution in [0, 0.1) is 0 Å². The molecule has 188 valence electrons. The average Bonchev–Trinajstić information content (AvgIpc) is 3.36. The fraction of sp³-hybridized carbons (Fsp3) is 0.478. The Labute approximate surface area is 211 Å². The van der Waals surface area contributed by atoms with E-state index in [1.807, 2.05) is 0 Å². The van der Waals surface area contributed by atoms with Crippen LogP contribution in [0.1, 0.15) is 12.6 Å². The fourth-order valence-electron chi connectivity index (χ4n) is 3.95. The summed E-state index contributed by atoms with van der Waals surface area (Å²) in [5.74, 6) is 1.92. The van der Waals surface area contributed by atoms with E-state index in [1.165, 1.54) is 35.2 Å². The number of carbonyl (C=O) groups excluding carboxylic acids is 2. The molecule has 1 aromatic carbocycles. The van der Waals surface area contributed by atoms with Crippen LogP contribution in [0.15, 0.2) is 33.0 Å². The van der Waals surface area contributed by atoms with Gasteiger partial charge in [-0.3, -0.25) is 14.2 Å². The Bertz CT molecular complexity index is 1160. The van der Waals surface area contributed by atoms with E-state index < -0.39 is 0 Å². The summed E-state index contributed by atoms with van der Waals surface area (Å²) >= 11 is 2.74. The summed E-state index contributed by atoms with van der Waals surface area (Å²) in [5.41, 5.74) is 1.21. The quantitative estimate of drug-likeness (QED) is 0.402. The minimum atomic E-state index is -0.354. The molecule has 3 heterocycles. The van der Waals surface area contributed by atoms with Crippen molar-refractivity contribution in [3.8, 4) is 17.2 Å². The average molecular weight is 521 g/mol. The molecule has 12 heteroatoms. The third-order valence-electron chi connectivity index (χ3n) is 5.78. The van der Waals surface area contributed by atoms with E-state index >= 15 is 0 Å². The van der Waals surface area contributed by atoms with E-state index in [2.05, 4.69) is 0 Å². The second-order valence-corrected chi connectivity index (χ2v) is 9.85. The number of amides is 2. The van der Waals surface area contributed by atoms with E-state index in [1.54, 1.807) is 42.0 Å². The normalized spacial score (nSPS) is 15.1. The first-order valence-electron chi connectivity index (χ1n) is 11.3. The van der Waals surface area contributed by atoms with Crippen LogP contribution in [0.3, 0.4) is 0 Å². The molecular weight excluding hydrogens is 492 g/mol. The summed E-state index contributed by atoms with van der Waals surface area (Å²) in [6.45, 7) is 3.83. The maximum atomic E-state index is 13.4. The molecule has 0 unspecified atom stereocenters. The predicted molar refractivity (Wildman–Crippen MR) is 133 cm³/mol. The van der Waals surface area contributed by atoms with Gasteiger partial charge in [-0.25, -0.2) is 9.78 Å². The van der Waals surface area contributed by atoms with Crippen LogP contribution in [0.4, 0.5) is 4.79 Å². The first kappa shape index (κ1) is 25.2. The standard InChI is InChI=1S/C23H28N4O6S2/c1-4-33-23(30)26-10-8-25(9-11-26)19(28)14-35-22-24-16-7-12-34-20(16)21(29)27(22)15-5-6-17(31-2)18(13-15)32-3/h5-6,13H,4,7-12,14H2,1-3H3. The second kappa shape index (κ2) is 11.3. The maximum Gasteiger partial charge on any atom is 0.409 e. The Balaban J connectivity index is 1.54. The smallest absolute Gasteiger partial charge is 0.409 e. The van der Waals surface area contributed by atoms with Crippen molar-refractivity contribution >= 4 is 35.5 Å². The lowest BCUT2D eigenvalue weighted by molar-refractivity contribution is -0.129. The third-order valence-corrected chi connectivity index (χ3v) is 7.81. The van der Waals surface area contributed by atoms with Crippen LogP contribution < -0.4 is 15.0 Å². The van der Waals surface area contributed by atoms with Crippen LogP contribution in [0.2, 0.25) is 0 Å². The number of nitrogens with zero attached hydrogens (tertiary/aromatic N) is 4. The van der Waals surface area contributed by atoms with Crippen molar-refractivity contribution in [1.82, 2.24) is 19.4 Å². The van der Waals surface area contributed by atoms with E-state index in [0.717, 1.165) is 17.9 Å². The molecule has 0 N–H and O–H groups in total. The van der Waals surface area contributed by atoms with E-state index in [-0.39, 0.29) is 23.3 Å². The highest BCUT2D eigenvalue weighted by Gasteiger charge is 2.27. The Hall–Kier alpha value is -2.86. The SMILES string of the molecule is CCOC(=O)N1CCN(C(=O)CSc2nc3c(c(=O)n2-c2ccc(OC)c(OC)c2)SCC3)CC1. The van der Waals surface area contributed by atoms with Crippen molar-refractivity contribution < 1.29 is 23.8 Å². The Morgan fingerprint density at radius 2 is 1.80 bits per heavy atom. The summed E-state index contributed by atoms with van der Waals surface area (Å²) in [6.07, 6.45) is 0.368. The molecule has 2 aliphatic heterocycles. The number of carbonyl (C=O) groups is 2. The molecule has 4 rings (SSSR count). The van der Waals surface area contributed by atoms with Gasteiger partial charge in [0.25, 0.3) is 5.56 Å². The fourth-order valence-corrected chi connectivity index (χ4v) is 5.91. The predicted octanol–water partition coefficient (Wildman–Crippen LogP) is 2.29. The number of hydrogen-bond acceptors (Lipinski definition) is 9. The monoisotopic (exact) mass is 520 g/mol. The molecule has 1 aromatic heterocycles. The minimum absolute atomic E-state index is 0.0681. The summed E-state index contributed by atoms with van der Waals surface area (Å²) in [4.78, 5) is 47.0. The van der Waals surface area contributed by atoms with Crippen LogP contribution in [-0.2, 0) is 16.0 Å². The largest absolute Gasteiger partial charge is 0.493 e. The molecular formula is C23H28N4O6S2. The van der Waals surface area contributed by atoms with Crippen LogP contribution in [0.25, 0.3) is 5.69 Å². The summed E-state index contributed by atoms with van der Waals surface area (Å²) < 4.78 is 17.3. The molecule has 2 aromatic rings. The van der Waals surface area contributed by atoms with E-state index in [0.29, 0.717) is 60.0 Å². The van der Waals surface area contributed by atoms with Gasteiger partial charge in [-0.15, -0.1) is 11.8 Å². The molecule has 0 bridgehead atoms. The Morgan fingerprint density at radius 3 is 2.49 bits per heavy atom. The molecule has 1 saturated heterocycles. The highest BCUT2D eigenvalue weighted by atomic mass is 32.2. The maximum absolute atomic E-state index is 13.4. The summed E-state index contributed by atoms with van der Waals surface area (Å²) in [5, 5.41) is 0.460. The Kier molecular flexibility index (Phi) is 8.11. The van der Waals surface area contributed by atoms with Gasteiger partial charge in [0, 0.05) is 44.4 Å². The number of rotatable bonds is 7. The molecule has 0 saturated carbocycles. The van der Waals surface area contributed by atoms with Gasteiger partial charge in [-0.05, 0) is 19.1 Å². The number of hydrogen-bond donors (Lipinski definition) is 0. The van der Waals surface area contributed by atoms with E-state index in [9.17, 15) is 14.4 Å². The lowest BCUT2D eigenvalue weighted by Crippen LogP contribution is -2.51. The molecule has 0 atom stereocenters. The highest BCUT2D eigenvalue weighted by molar-refractivity contribution is 8.00. The molecule has 0 aliphatic carbocycles. The number of methoxy groups -OCH3 is 2. The number of thioether (sulfide) groups is 2. The number of piperazine rings is 1. The van der Waals surface area contributed by atoms with Crippen LogP contribution in [-0.4, -0.2) is 89.9 Å². The molecule has 2 aliphatic rings. The molecule has 35 heavy (non-hydrogen) atoms. The summed E-state index contributed by atoms with van der Waals surface area (Å²) in [7, 11) is 3.09. The van der Waals surface area contributed by atoms with Crippen molar-refractivity contribution in [1.29, 1.82) is 0 Å². The molecule has 1 fully saturated rings. The second-order valence-electron chi connectivity index (χ2n) is 7.80. The lowest BCUT2D eigenvalue weighted by atomic mass is 10.2. The van der Waals surface area contributed by atoms with Gasteiger partial charge in [-0.1, -0.05) is 11.8 Å². The number of ether oxygens (including phenoxy) is 3. The van der Waals surface area contributed by atoms with Gasteiger partial charge < -0.3 is 24.0 Å². The first-order chi connectivity index (χ1) is 17.0. The number of fused-ring (bicyclic) bond motifs is 1. The zero-order valence-electron chi connectivity index (χ0n) is 19.9. The number of aromatic nitrogens is 2. The lowest BCUT2D eigenvalue weighted by Gasteiger charge is -2.34. The van der Waals surface area contributed by atoms with Crippen LogP contribution in [0.5, 0.6) is 11.5 Å². The van der Waals surface area contributed by atoms with Crippen molar-refractivity contribution in [2.24, 2.45) is 0 Å². The van der Waals surface area contributed by atoms with Gasteiger partial charge in [0.15, 0.2) is 16.7 Å².